The smallest absolute Gasteiger partial charge is 0.237 e. The fourth-order valence-electron chi connectivity index (χ4n) is 3.34. The highest BCUT2D eigenvalue weighted by atomic mass is 35.5. The van der Waals surface area contributed by atoms with Gasteiger partial charge in [0, 0.05) is 18.6 Å². The van der Waals surface area contributed by atoms with Gasteiger partial charge in [0.25, 0.3) is 0 Å². The molecule has 4 heteroatoms. The van der Waals surface area contributed by atoms with Gasteiger partial charge in [0.1, 0.15) is 0 Å². The summed E-state index contributed by atoms with van der Waals surface area (Å²) in [6.07, 6.45) is 2.01. The Bertz CT molecular complexity index is 744. The van der Waals surface area contributed by atoms with E-state index in [1.807, 2.05) is 19.1 Å². The van der Waals surface area contributed by atoms with Crippen LogP contribution in [-0.2, 0) is 11.3 Å². The first kappa shape index (κ1) is 17.0. The lowest BCUT2D eigenvalue weighted by Gasteiger charge is -2.23. The third kappa shape index (κ3) is 3.63. The average Bonchev–Trinajstić information content (AvgIpc) is 3.05. The maximum atomic E-state index is 12.0. The maximum Gasteiger partial charge on any atom is 0.237 e. The van der Waals surface area contributed by atoms with Crippen molar-refractivity contribution in [3.63, 3.8) is 0 Å². The van der Waals surface area contributed by atoms with Gasteiger partial charge in [-0.25, -0.2) is 0 Å². The number of aryl methyl sites for hydroxylation is 1. The van der Waals surface area contributed by atoms with E-state index in [-0.39, 0.29) is 11.9 Å². The molecule has 1 atom stereocenters. The van der Waals surface area contributed by atoms with Crippen LogP contribution in [0, 0.1) is 6.92 Å². The maximum absolute atomic E-state index is 12.0. The molecule has 2 aromatic rings. The lowest BCUT2D eigenvalue weighted by Crippen LogP contribution is -2.41. The normalized spacial score (nSPS) is 17.9. The Labute approximate surface area is 148 Å². The fraction of sp³-hybridized carbons (Fsp3) is 0.350. The van der Waals surface area contributed by atoms with E-state index in [2.05, 4.69) is 40.5 Å². The summed E-state index contributed by atoms with van der Waals surface area (Å²) in [5.74, 6) is 0.119. The molecule has 0 saturated carbocycles. The Morgan fingerprint density at radius 1 is 1.25 bits per heavy atom. The van der Waals surface area contributed by atoms with Crippen molar-refractivity contribution >= 4 is 17.5 Å². The molecule has 3 nitrogen and oxygen atoms in total. The van der Waals surface area contributed by atoms with Gasteiger partial charge in [-0.1, -0.05) is 41.9 Å². The summed E-state index contributed by atoms with van der Waals surface area (Å²) in [5.41, 5.74) is 4.59. The van der Waals surface area contributed by atoms with Gasteiger partial charge >= 0.3 is 0 Å². The van der Waals surface area contributed by atoms with Crippen molar-refractivity contribution in [2.45, 2.75) is 32.4 Å². The molecule has 1 unspecified atom stereocenters. The molecular formula is C20H23ClN2O. The lowest BCUT2D eigenvalue weighted by molar-refractivity contribution is -0.125. The van der Waals surface area contributed by atoms with Crippen LogP contribution >= 0.6 is 11.6 Å². The van der Waals surface area contributed by atoms with Crippen molar-refractivity contribution in [2.75, 3.05) is 13.6 Å². The van der Waals surface area contributed by atoms with E-state index in [0.29, 0.717) is 0 Å². The predicted octanol–water partition coefficient (Wildman–Crippen LogP) is 4.03. The van der Waals surface area contributed by atoms with Crippen LogP contribution in [0.25, 0.3) is 11.1 Å². The van der Waals surface area contributed by atoms with Crippen LogP contribution < -0.4 is 5.32 Å². The molecule has 0 aliphatic carbocycles. The molecule has 0 bridgehead atoms. The zero-order valence-electron chi connectivity index (χ0n) is 14.2. The van der Waals surface area contributed by atoms with Crippen molar-refractivity contribution in [3.05, 3.63) is 58.6 Å². The number of halogens is 1. The minimum absolute atomic E-state index is 0.00697. The second-order valence-electron chi connectivity index (χ2n) is 6.41. The standard InChI is InChI=1S/C20H23ClN2O/c1-14-8-9-17(12-18(14)21)16-6-3-5-15(11-16)13-23-10-4-7-19(23)20(24)22-2/h3,5-6,8-9,11-12,19H,4,7,10,13H2,1-2H3,(H,22,24). The van der Waals surface area contributed by atoms with Crippen LogP contribution in [0.2, 0.25) is 5.02 Å². The van der Waals surface area contributed by atoms with Gasteiger partial charge in [-0.2, -0.15) is 0 Å². The quantitative estimate of drug-likeness (QED) is 0.910. The van der Waals surface area contributed by atoms with Crippen LogP contribution in [0.3, 0.4) is 0 Å². The molecule has 1 fully saturated rings. The number of likely N-dealkylation sites (tertiary alicyclic amines) is 1. The molecule has 0 aromatic heterocycles. The summed E-state index contributed by atoms with van der Waals surface area (Å²) in [4.78, 5) is 14.3. The Morgan fingerprint density at radius 2 is 2.04 bits per heavy atom. The zero-order valence-corrected chi connectivity index (χ0v) is 14.9. The summed E-state index contributed by atoms with van der Waals surface area (Å²) < 4.78 is 0. The van der Waals surface area contributed by atoms with E-state index in [1.165, 1.54) is 5.56 Å². The molecule has 0 spiro atoms. The van der Waals surface area contributed by atoms with Crippen LogP contribution in [0.15, 0.2) is 42.5 Å². The SMILES string of the molecule is CNC(=O)C1CCCN1Cc1cccc(-c2ccc(C)c(Cl)c2)c1. The predicted molar refractivity (Wildman–Crippen MR) is 99.1 cm³/mol. The van der Waals surface area contributed by atoms with Crippen molar-refractivity contribution < 1.29 is 4.79 Å². The Kier molecular flexibility index (Phi) is 5.22. The number of hydrogen-bond acceptors (Lipinski definition) is 2. The summed E-state index contributed by atoms with van der Waals surface area (Å²) in [6.45, 7) is 3.78. The molecule has 0 radical (unpaired) electrons. The van der Waals surface area contributed by atoms with Gasteiger partial charge in [0.15, 0.2) is 0 Å². The van der Waals surface area contributed by atoms with E-state index < -0.39 is 0 Å². The van der Waals surface area contributed by atoms with Crippen LogP contribution in [0.5, 0.6) is 0 Å². The molecule has 1 amide bonds. The van der Waals surface area contributed by atoms with Crippen LogP contribution in [0.4, 0.5) is 0 Å². The first-order chi connectivity index (χ1) is 11.6. The monoisotopic (exact) mass is 342 g/mol. The molecular weight excluding hydrogens is 320 g/mol. The summed E-state index contributed by atoms with van der Waals surface area (Å²) in [6, 6.07) is 14.6. The number of hydrogen-bond donors (Lipinski definition) is 1. The van der Waals surface area contributed by atoms with Crippen molar-refractivity contribution in [1.29, 1.82) is 0 Å². The lowest BCUT2D eigenvalue weighted by atomic mass is 10.0. The zero-order chi connectivity index (χ0) is 17.1. The first-order valence-electron chi connectivity index (χ1n) is 8.39. The van der Waals surface area contributed by atoms with Gasteiger partial charge in [-0.15, -0.1) is 0 Å². The average molecular weight is 343 g/mol. The van der Waals surface area contributed by atoms with Crippen molar-refractivity contribution in [1.82, 2.24) is 10.2 Å². The van der Waals surface area contributed by atoms with Crippen LogP contribution in [0.1, 0.15) is 24.0 Å². The molecule has 2 aromatic carbocycles. The van der Waals surface area contributed by atoms with Crippen molar-refractivity contribution in [3.8, 4) is 11.1 Å². The Hall–Kier alpha value is -1.84. The third-order valence-corrected chi connectivity index (χ3v) is 5.14. The number of amides is 1. The summed E-state index contributed by atoms with van der Waals surface area (Å²) >= 11 is 6.26. The van der Waals surface area contributed by atoms with Crippen molar-refractivity contribution in [2.24, 2.45) is 0 Å². The van der Waals surface area contributed by atoms with E-state index in [1.54, 1.807) is 7.05 Å². The van der Waals surface area contributed by atoms with Gasteiger partial charge < -0.3 is 5.32 Å². The highest BCUT2D eigenvalue weighted by molar-refractivity contribution is 6.31. The minimum atomic E-state index is -0.00697. The second-order valence-corrected chi connectivity index (χ2v) is 6.81. The summed E-state index contributed by atoms with van der Waals surface area (Å²) in [7, 11) is 1.71. The third-order valence-electron chi connectivity index (χ3n) is 4.73. The first-order valence-corrected chi connectivity index (χ1v) is 8.77. The number of nitrogens with zero attached hydrogens (tertiary/aromatic N) is 1. The van der Waals surface area contributed by atoms with Crippen LogP contribution in [-0.4, -0.2) is 30.4 Å². The second kappa shape index (κ2) is 7.37. The highest BCUT2D eigenvalue weighted by Gasteiger charge is 2.29. The molecule has 1 aliphatic heterocycles. The van der Waals surface area contributed by atoms with E-state index in [0.717, 1.165) is 47.6 Å². The molecule has 1 saturated heterocycles. The number of benzene rings is 2. The molecule has 3 rings (SSSR count). The number of carbonyl (C=O) groups excluding carboxylic acids is 1. The van der Waals surface area contributed by atoms with Gasteiger partial charge in [-0.05, 0) is 60.7 Å². The van der Waals surface area contributed by atoms with E-state index in [4.69, 9.17) is 11.6 Å². The van der Waals surface area contributed by atoms with Gasteiger partial charge in [0.2, 0.25) is 5.91 Å². The topological polar surface area (TPSA) is 32.3 Å². The number of carbonyl (C=O) groups is 1. The fourth-order valence-corrected chi connectivity index (χ4v) is 3.52. The van der Waals surface area contributed by atoms with Gasteiger partial charge in [-0.3, -0.25) is 9.69 Å². The summed E-state index contributed by atoms with van der Waals surface area (Å²) in [5, 5.41) is 3.57. The molecule has 1 aliphatic rings. The van der Waals surface area contributed by atoms with Gasteiger partial charge in [0.05, 0.1) is 6.04 Å². The number of nitrogens with one attached hydrogen (secondary N) is 1. The van der Waals surface area contributed by atoms with E-state index in [9.17, 15) is 4.79 Å². The molecule has 1 N–H and O–H groups in total. The number of rotatable bonds is 4. The Morgan fingerprint density at radius 3 is 2.79 bits per heavy atom. The number of likely N-dealkylation sites (N-methyl/N-ethyl adjacent to an activating group) is 1. The molecule has 126 valence electrons. The Balaban J connectivity index is 1.80. The highest BCUT2D eigenvalue weighted by Crippen LogP contribution is 2.27. The molecule has 24 heavy (non-hydrogen) atoms. The van der Waals surface area contributed by atoms with E-state index >= 15 is 0 Å². The minimum Gasteiger partial charge on any atom is -0.358 e. The molecule has 1 heterocycles. The largest absolute Gasteiger partial charge is 0.358 e.